The highest BCUT2D eigenvalue weighted by molar-refractivity contribution is 9.10. The summed E-state index contributed by atoms with van der Waals surface area (Å²) in [5, 5.41) is 0. The van der Waals surface area contributed by atoms with E-state index in [0.29, 0.717) is 5.69 Å². The van der Waals surface area contributed by atoms with Gasteiger partial charge in [-0.05, 0) is 36.2 Å². The van der Waals surface area contributed by atoms with Crippen molar-refractivity contribution in [3.05, 3.63) is 58.3 Å². The Morgan fingerprint density at radius 2 is 1.88 bits per heavy atom. The molecule has 0 radical (unpaired) electrons. The number of rotatable bonds is 1. The molecule has 0 saturated carbocycles. The van der Waals surface area contributed by atoms with Crippen LogP contribution in [0.2, 0.25) is 0 Å². The largest absolute Gasteiger partial charge is 0.339 e. The molecule has 1 nitrogen and oxygen atoms in total. The van der Waals surface area contributed by atoms with Gasteiger partial charge in [-0.25, -0.2) is 4.39 Å². The third kappa shape index (κ3) is 1.84. The zero-order chi connectivity index (χ0) is 11.8. The van der Waals surface area contributed by atoms with Gasteiger partial charge in [0.15, 0.2) is 0 Å². The molecule has 0 fully saturated rings. The highest BCUT2D eigenvalue weighted by Gasteiger charge is 2.21. The number of para-hydroxylation sites is 1. The van der Waals surface area contributed by atoms with Gasteiger partial charge in [0, 0.05) is 16.7 Å². The van der Waals surface area contributed by atoms with Crippen molar-refractivity contribution in [3.63, 3.8) is 0 Å². The van der Waals surface area contributed by atoms with Crippen LogP contribution in [0.4, 0.5) is 15.8 Å². The van der Waals surface area contributed by atoms with Crippen molar-refractivity contribution in [3.8, 4) is 0 Å². The molecule has 1 heterocycles. The number of halogens is 2. The van der Waals surface area contributed by atoms with E-state index in [9.17, 15) is 4.39 Å². The van der Waals surface area contributed by atoms with Crippen molar-refractivity contribution in [2.45, 2.75) is 6.42 Å². The highest BCUT2D eigenvalue weighted by atomic mass is 79.9. The van der Waals surface area contributed by atoms with E-state index in [4.69, 9.17) is 0 Å². The molecule has 0 aliphatic carbocycles. The van der Waals surface area contributed by atoms with E-state index in [2.05, 4.69) is 22.0 Å². The minimum absolute atomic E-state index is 0.184. The third-order valence-electron chi connectivity index (χ3n) is 3.09. The Bertz CT molecular complexity index is 568. The van der Waals surface area contributed by atoms with Crippen LogP contribution in [-0.4, -0.2) is 6.54 Å². The molecule has 0 atom stereocenters. The van der Waals surface area contributed by atoms with Crippen LogP contribution >= 0.6 is 15.9 Å². The maximum atomic E-state index is 13.9. The van der Waals surface area contributed by atoms with Crippen LogP contribution in [0.15, 0.2) is 46.9 Å². The lowest BCUT2D eigenvalue weighted by Crippen LogP contribution is -2.14. The monoisotopic (exact) mass is 291 g/mol. The van der Waals surface area contributed by atoms with E-state index in [1.165, 1.54) is 11.6 Å². The number of benzene rings is 2. The van der Waals surface area contributed by atoms with Crippen molar-refractivity contribution < 1.29 is 4.39 Å². The molecule has 1 aliphatic rings. The van der Waals surface area contributed by atoms with Crippen LogP contribution < -0.4 is 4.90 Å². The Morgan fingerprint density at radius 3 is 2.71 bits per heavy atom. The van der Waals surface area contributed by atoms with Gasteiger partial charge in [-0.2, -0.15) is 0 Å². The molecule has 0 aromatic heterocycles. The molecule has 3 heteroatoms. The molecular formula is C14H11BrFN. The van der Waals surface area contributed by atoms with Crippen LogP contribution in [0.3, 0.4) is 0 Å². The van der Waals surface area contributed by atoms with Crippen molar-refractivity contribution >= 4 is 27.3 Å². The topological polar surface area (TPSA) is 3.24 Å². The van der Waals surface area contributed by atoms with E-state index in [-0.39, 0.29) is 5.82 Å². The highest BCUT2D eigenvalue weighted by Crippen LogP contribution is 2.36. The SMILES string of the molecule is Fc1cc(Br)ccc1N1CCc2ccccc21. The maximum Gasteiger partial charge on any atom is 0.147 e. The first-order valence-electron chi connectivity index (χ1n) is 5.56. The minimum Gasteiger partial charge on any atom is -0.339 e. The van der Waals surface area contributed by atoms with Crippen molar-refractivity contribution in [2.75, 3.05) is 11.4 Å². The van der Waals surface area contributed by atoms with E-state index >= 15 is 0 Å². The number of fused-ring (bicyclic) bond motifs is 1. The predicted molar refractivity (Wildman–Crippen MR) is 71.3 cm³/mol. The quantitative estimate of drug-likeness (QED) is 0.758. The molecule has 0 N–H and O–H groups in total. The summed E-state index contributed by atoms with van der Waals surface area (Å²) in [6.45, 7) is 0.845. The predicted octanol–water partition coefficient (Wildman–Crippen LogP) is 4.28. The minimum atomic E-state index is -0.184. The van der Waals surface area contributed by atoms with Crippen LogP contribution in [0.5, 0.6) is 0 Å². The molecule has 0 unspecified atom stereocenters. The average molecular weight is 292 g/mol. The van der Waals surface area contributed by atoms with Crippen molar-refractivity contribution in [1.82, 2.24) is 0 Å². The van der Waals surface area contributed by atoms with E-state index in [1.54, 1.807) is 0 Å². The normalized spacial score (nSPS) is 13.9. The summed E-state index contributed by atoms with van der Waals surface area (Å²) < 4.78 is 14.7. The molecule has 17 heavy (non-hydrogen) atoms. The number of hydrogen-bond donors (Lipinski definition) is 0. The second-order valence-electron chi connectivity index (χ2n) is 4.13. The van der Waals surface area contributed by atoms with E-state index < -0.39 is 0 Å². The van der Waals surface area contributed by atoms with Gasteiger partial charge in [-0.1, -0.05) is 34.1 Å². The first kappa shape index (κ1) is 10.8. The molecule has 2 aromatic carbocycles. The van der Waals surface area contributed by atoms with Crippen LogP contribution in [0.25, 0.3) is 0 Å². The van der Waals surface area contributed by atoms with Gasteiger partial charge in [0.25, 0.3) is 0 Å². The van der Waals surface area contributed by atoms with Gasteiger partial charge in [-0.15, -0.1) is 0 Å². The average Bonchev–Trinajstić information content (AvgIpc) is 2.73. The smallest absolute Gasteiger partial charge is 0.147 e. The second-order valence-corrected chi connectivity index (χ2v) is 5.04. The van der Waals surface area contributed by atoms with Gasteiger partial charge in [0.2, 0.25) is 0 Å². The standard InChI is InChI=1S/C14H11BrFN/c15-11-5-6-14(12(16)9-11)17-8-7-10-3-1-2-4-13(10)17/h1-6,9H,7-8H2. The Morgan fingerprint density at radius 1 is 1.06 bits per heavy atom. The van der Waals surface area contributed by atoms with Crippen LogP contribution in [0, 0.1) is 5.82 Å². The summed E-state index contributed by atoms with van der Waals surface area (Å²) in [4.78, 5) is 2.04. The molecule has 0 saturated heterocycles. The van der Waals surface area contributed by atoms with Gasteiger partial charge < -0.3 is 4.90 Å². The molecule has 0 amide bonds. The summed E-state index contributed by atoms with van der Waals surface area (Å²) >= 11 is 3.28. The number of nitrogens with zero attached hydrogens (tertiary/aromatic N) is 1. The van der Waals surface area contributed by atoms with Crippen molar-refractivity contribution in [2.24, 2.45) is 0 Å². The molecule has 1 aliphatic heterocycles. The first-order chi connectivity index (χ1) is 8.25. The van der Waals surface area contributed by atoms with Crippen LogP contribution in [0.1, 0.15) is 5.56 Å². The Labute approximate surface area is 108 Å². The van der Waals surface area contributed by atoms with Gasteiger partial charge in [0.1, 0.15) is 5.82 Å². The molecule has 2 aromatic rings. The Balaban J connectivity index is 2.07. The fraction of sp³-hybridized carbons (Fsp3) is 0.143. The fourth-order valence-corrected chi connectivity index (χ4v) is 2.62. The number of anilines is 2. The van der Waals surface area contributed by atoms with E-state index in [0.717, 1.165) is 23.1 Å². The summed E-state index contributed by atoms with van der Waals surface area (Å²) in [7, 11) is 0. The molecule has 0 bridgehead atoms. The lowest BCUT2D eigenvalue weighted by Gasteiger charge is -2.20. The molecule has 3 rings (SSSR count). The third-order valence-corrected chi connectivity index (χ3v) is 3.58. The molecular weight excluding hydrogens is 281 g/mol. The first-order valence-corrected chi connectivity index (χ1v) is 6.35. The van der Waals surface area contributed by atoms with Gasteiger partial charge in [-0.3, -0.25) is 0 Å². The van der Waals surface area contributed by atoms with Gasteiger partial charge in [0.05, 0.1) is 5.69 Å². The second kappa shape index (κ2) is 4.15. The Kier molecular flexibility index (Phi) is 2.63. The summed E-state index contributed by atoms with van der Waals surface area (Å²) in [5.41, 5.74) is 3.06. The zero-order valence-electron chi connectivity index (χ0n) is 9.16. The van der Waals surface area contributed by atoms with Crippen LogP contribution in [-0.2, 0) is 6.42 Å². The molecule has 86 valence electrons. The lowest BCUT2D eigenvalue weighted by molar-refractivity contribution is 0.625. The van der Waals surface area contributed by atoms with Crippen molar-refractivity contribution in [1.29, 1.82) is 0 Å². The summed E-state index contributed by atoms with van der Waals surface area (Å²) in [6.07, 6.45) is 0.978. The summed E-state index contributed by atoms with van der Waals surface area (Å²) in [5.74, 6) is -0.184. The zero-order valence-corrected chi connectivity index (χ0v) is 10.7. The van der Waals surface area contributed by atoms with Gasteiger partial charge >= 0.3 is 0 Å². The van der Waals surface area contributed by atoms with E-state index in [1.807, 2.05) is 35.2 Å². The number of hydrogen-bond acceptors (Lipinski definition) is 1. The molecule has 0 spiro atoms. The lowest BCUT2D eigenvalue weighted by atomic mass is 10.2. The fourth-order valence-electron chi connectivity index (χ4n) is 2.29. The Hall–Kier alpha value is -1.35. The summed E-state index contributed by atoms with van der Waals surface area (Å²) in [6, 6.07) is 13.4. The maximum absolute atomic E-state index is 13.9.